The summed E-state index contributed by atoms with van der Waals surface area (Å²) in [7, 11) is 1.99. The predicted molar refractivity (Wildman–Crippen MR) is 70.8 cm³/mol. The summed E-state index contributed by atoms with van der Waals surface area (Å²) >= 11 is 1.87. The van der Waals surface area contributed by atoms with Crippen LogP contribution in [0.2, 0.25) is 0 Å². The highest BCUT2D eigenvalue weighted by Gasteiger charge is 2.45. The number of nitrogens with two attached hydrogens (primary N) is 1. The Morgan fingerprint density at radius 1 is 1.38 bits per heavy atom. The van der Waals surface area contributed by atoms with E-state index in [9.17, 15) is 0 Å². The van der Waals surface area contributed by atoms with E-state index >= 15 is 0 Å². The molecule has 0 spiro atoms. The summed E-state index contributed by atoms with van der Waals surface area (Å²) in [6, 6.07) is 9.09. The summed E-state index contributed by atoms with van der Waals surface area (Å²) in [6.07, 6.45) is 2.26. The second kappa shape index (κ2) is 4.78. The highest BCUT2D eigenvalue weighted by molar-refractivity contribution is 7.99. The molecule has 0 aromatic heterocycles. The van der Waals surface area contributed by atoms with Gasteiger partial charge in [-0.2, -0.15) is 0 Å². The van der Waals surface area contributed by atoms with Crippen molar-refractivity contribution in [3.63, 3.8) is 0 Å². The average Bonchev–Trinajstić information content (AvgIpc) is 3.01. The van der Waals surface area contributed by atoms with Gasteiger partial charge >= 0.3 is 0 Å². The van der Waals surface area contributed by atoms with E-state index in [1.165, 1.54) is 10.5 Å². The first kappa shape index (κ1) is 12.0. The molecule has 2 nitrogen and oxygen atoms in total. The minimum atomic E-state index is -0.00579. The smallest absolute Gasteiger partial charge is 0.0500 e. The largest absolute Gasteiger partial charge is 0.323 e. The third kappa shape index (κ3) is 2.42. The van der Waals surface area contributed by atoms with Gasteiger partial charge in [0.1, 0.15) is 0 Å². The molecule has 1 atom stereocenters. The van der Waals surface area contributed by atoms with Crippen LogP contribution in [0.3, 0.4) is 0 Å². The second-order valence-corrected chi connectivity index (χ2v) is 5.79. The SMILES string of the molecule is CCSc1ccc(C(NC)C2(N)CC2)cc1. The molecule has 0 amide bonds. The lowest BCUT2D eigenvalue weighted by molar-refractivity contribution is 0.461. The first-order valence-corrected chi connectivity index (χ1v) is 6.87. The summed E-state index contributed by atoms with van der Waals surface area (Å²) in [5, 5.41) is 3.34. The van der Waals surface area contributed by atoms with Gasteiger partial charge in [0.25, 0.3) is 0 Å². The Bertz CT molecular complexity index is 343. The van der Waals surface area contributed by atoms with Crippen molar-refractivity contribution < 1.29 is 0 Å². The van der Waals surface area contributed by atoms with E-state index in [-0.39, 0.29) is 5.54 Å². The molecule has 1 aromatic rings. The Balaban J connectivity index is 2.13. The lowest BCUT2D eigenvalue weighted by Crippen LogP contribution is -2.38. The van der Waals surface area contributed by atoms with E-state index in [2.05, 4.69) is 36.5 Å². The molecule has 2 rings (SSSR count). The third-order valence-electron chi connectivity index (χ3n) is 3.22. The van der Waals surface area contributed by atoms with Gasteiger partial charge in [-0.1, -0.05) is 19.1 Å². The van der Waals surface area contributed by atoms with Gasteiger partial charge in [0.05, 0.1) is 6.04 Å². The monoisotopic (exact) mass is 236 g/mol. The molecular formula is C13H20N2S. The molecule has 3 heteroatoms. The first-order valence-electron chi connectivity index (χ1n) is 5.88. The zero-order valence-electron chi connectivity index (χ0n) is 9.99. The molecule has 0 aliphatic heterocycles. The standard InChI is InChI=1S/C13H20N2S/c1-3-16-11-6-4-10(5-7-11)12(15-2)13(14)8-9-13/h4-7,12,15H,3,8-9,14H2,1-2H3. The number of benzene rings is 1. The lowest BCUT2D eigenvalue weighted by Gasteiger charge is -2.23. The van der Waals surface area contributed by atoms with Crippen molar-refractivity contribution in [3.05, 3.63) is 29.8 Å². The normalized spacial score (nSPS) is 19.4. The van der Waals surface area contributed by atoms with Gasteiger partial charge in [-0.3, -0.25) is 0 Å². The van der Waals surface area contributed by atoms with Crippen molar-refractivity contribution in [1.29, 1.82) is 0 Å². The molecule has 3 N–H and O–H groups in total. The fourth-order valence-electron chi connectivity index (χ4n) is 2.14. The molecule has 88 valence electrons. The third-order valence-corrected chi connectivity index (χ3v) is 4.11. The first-order chi connectivity index (χ1) is 7.69. The summed E-state index contributed by atoms with van der Waals surface area (Å²) in [4.78, 5) is 1.34. The Morgan fingerprint density at radius 3 is 2.44 bits per heavy atom. The van der Waals surface area contributed by atoms with E-state index in [0.29, 0.717) is 6.04 Å². The molecule has 0 bridgehead atoms. The van der Waals surface area contributed by atoms with E-state index in [1.54, 1.807) is 0 Å². The van der Waals surface area contributed by atoms with Crippen molar-refractivity contribution in [1.82, 2.24) is 5.32 Å². The van der Waals surface area contributed by atoms with Gasteiger partial charge in [0.15, 0.2) is 0 Å². The molecule has 1 saturated carbocycles. The van der Waals surface area contributed by atoms with Crippen LogP contribution >= 0.6 is 11.8 Å². The number of nitrogens with one attached hydrogen (secondary N) is 1. The van der Waals surface area contributed by atoms with Crippen molar-refractivity contribution in [3.8, 4) is 0 Å². The van der Waals surface area contributed by atoms with Gasteiger partial charge in [0.2, 0.25) is 0 Å². The Hall–Kier alpha value is -0.510. The second-order valence-electron chi connectivity index (χ2n) is 4.46. The van der Waals surface area contributed by atoms with Crippen molar-refractivity contribution in [2.24, 2.45) is 5.73 Å². The molecule has 1 unspecified atom stereocenters. The highest BCUT2D eigenvalue weighted by Crippen LogP contribution is 2.43. The minimum absolute atomic E-state index is 0.00579. The quantitative estimate of drug-likeness (QED) is 0.772. The van der Waals surface area contributed by atoms with Crippen LogP contribution in [0.15, 0.2) is 29.2 Å². The summed E-state index contributed by atoms with van der Waals surface area (Å²) in [5.74, 6) is 1.12. The van der Waals surface area contributed by atoms with Crippen LogP contribution in [0, 0.1) is 0 Å². The molecule has 0 heterocycles. The predicted octanol–water partition coefficient (Wildman–Crippen LogP) is 2.55. The molecule has 0 saturated heterocycles. The number of hydrogen-bond donors (Lipinski definition) is 2. The molecule has 1 fully saturated rings. The number of thioether (sulfide) groups is 1. The maximum absolute atomic E-state index is 6.26. The van der Waals surface area contributed by atoms with Crippen molar-refractivity contribution in [2.45, 2.75) is 36.2 Å². The molecule has 1 aromatic carbocycles. The fraction of sp³-hybridized carbons (Fsp3) is 0.538. The van der Waals surface area contributed by atoms with Gasteiger partial charge in [-0.05, 0) is 43.3 Å². The molecular weight excluding hydrogens is 216 g/mol. The van der Waals surface area contributed by atoms with Crippen LogP contribution in [0.1, 0.15) is 31.4 Å². The van der Waals surface area contributed by atoms with Crippen LogP contribution in [0.4, 0.5) is 0 Å². The van der Waals surface area contributed by atoms with Gasteiger partial charge < -0.3 is 11.1 Å². The zero-order valence-corrected chi connectivity index (χ0v) is 10.8. The maximum atomic E-state index is 6.26. The molecule has 1 aliphatic rings. The molecule has 0 radical (unpaired) electrons. The van der Waals surface area contributed by atoms with Gasteiger partial charge in [-0.25, -0.2) is 0 Å². The van der Waals surface area contributed by atoms with E-state index in [1.807, 2.05) is 18.8 Å². The Morgan fingerprint density at radius 2 is 2.00 bits per heavy atom. The van der Waals surface area contributed by atoms with Crippen molar-refractivity contribution >= 4 is 11.8 Å². The van der Waals surface area contributed by atoms with Crippen molar-refractivity contribution in [2.75, 3.05) is 12.8 Å². The minimum Gasteiger partial charge on any atom is -0.323 e. The Kier molecular flexibility index (Phi) is 3.57. The van der Waals surface area contributed by atoms with Crippen LogP contribution in [0.5, 0.6) is 0 Å². The molecule has 16 heavy (non-hydrogen) atoms. The highest BCUT2D eigenvalue weighted by atomic mass is 32.2. The van der Waals surface area contributed by atoms with Crippen LogP contribution < -0.4 is 11.1 Å². The molecule has 1 aliphatic carbocycles. The van der Waals surface area contributed by atoms with Crippen LogP contribution in [0.25, 0.3) is 0 Å². The van der Waals surface area contributed by atoms with Crippen LogP contribution in [-0.4, -0.2) is 18.3 Å². The maximum Gasteiger partial charge on any atom is 0.0500 e. The number of hydrogen-bond acceptors (Lipinski definition) is 3. The average molecular weight is 236 g/mol. The topological polar surface area (TPSA) is 38.0 Å². The van der Waals surface area contributed by atoms with Gasteiger partial charge in [-0.15, -0.1) is 11.8 Å². The van der Waals surface area contributed by atoms with E-state index < -0.39 is 0 Å². The summed E-state index contributed by atoms with van der Waals surface area (Å²) in [6.45, 7) is 2.17. The van der Waals surface area contributed by atoms with E-state index in [4.69, 9.17) is 5.73 Å². The number of rotatable bonds is 5. The van der Waals surface area contributed by atoms with E-state index in [0.717, 1.165) is 18.6 Å². The fourth-order valence-corrected chi connectivity index (χ4v) is 2.80. The lowest BCUT2D eigenvalue weighted by atomic mass is 9.98. The summed E-state index contributed by atoms with van der Waals surface area (Å²) in [5.41, 5.74) is 7.56. The Labute approximate surface area is 102 Å². The van der Waals surface area contributed by atoms with Gasteiger partial charge in [0, 0.05) is 10.4 Å². The van der Waals surface area contributed by atoms with Crippen LogP contribution in [-0.2, 0) is 0 Å². The zero-order chi connectivity index (χ0) is 11.6. The number of likely N-dealkylation sites (N-methyl/N-ethyl adjacent to an activating group) is 1. The summed E-state index contributed by atoms with van der Waals surface area (Å²) < 4.78 is 0.